The van der Waals surface area contributed by atoms with E-state index in [2.05, 4.69) is 5.32 Å². The number of rotatable bonds is 9. The van der Waals surface area contributed by atoms with E-state index in [1.165, 1.54) is 24.0 Å². The Morgan fingerprint density at radius 1 is 0.911 bits per heavy atom. The van der Waals surface area contributed by atoms with Gasteiger partial charge in [-0.2, -0.15) is 13.2 Å². The molecule has 5 rings (SSSR count). The highest BCUT2D eigenvalue weighted by molar-refractivity contribution is 5.91. The molecule has 45 heavy (non-hydrogen) atoms. The van der Waals surface area contributed by atoms with Crippen molar-refractivity contribution in [3.8, 4) is 16.9 Å². The predicted octanol–water partition coefficient (Wildman–Crippen LogP) is 6.21. The van der Waals surface area contributed by atoms with E-state index in [0.717, 1.165) is 28.8 Å². The van der Waals surface area contributed by atoms with Crippen molar-refractivity contribution in [3.63, 3.8) is 0 Å². The van der Waals surface area contributed by atoms with Crippen molar-refractivity contribution in [3.05, 3.63) is 125 Å². The minimum absolute atomic E-state index is 0.0195. The van der Waals surface area contributed by atoms with Gasteiger partial charge in [0.1, 0.15) is 24.4 Å². The van der Waals surface area contributed by atoms with Gasteiger partial charge in [-0.15, -0.1) is 0 Å². The van der Waals surface area contributed by atoms with Crippen LogP contribution in [-0.4, -0.2) is 40.4 Å². The predicted molar refractivity (Wildman–Crippen MR) is 161 cm³/mol. The van der Waals surface area contributed by atoms with E-state index >= 15 is 0 Å². The summed E-state index contributed by atoms with van der Waals surface area (Å²) in [5.41, 5.74) is 3.77. The van der Waals surface area contributed by atoms with Gasteiger partial charge in [0, 0.05) is 19.9 Å². The fourth-order valence-corrected chi connectivity index (χ4v) is 5.41. The highest BCUT2D eigenvalue weighted by Crippen LogP contribution is 2.34. The van der Waals surface area contributed by atoms with Gasteiger partial charge in [0.2, 0.25) is 11.8 Å². The molecule has 232 valence electrons. The normalized spacial score (nSPS) is 15.1. The Hall–Kier alpha value is -5.12. The number of hydrogen-bond donors (Lipinski definition) is 2. The van der Waals surface area contributed by atoms with Crippen LogP contribution in [0.4, 0.5) is 13.2 Å². The van der Waals surface area contributed by atoms with E-state index in [-0.39, 0.29) is 25.5 Å². The molecule has 2 atom stereocenters. The molecular weight excluding hydrogens is 585 g/mol. The number of nitrogens with one attached hydrogen (secondary N) is 1. The van der Waals surface area contributed by atoms with Gasteiger partial charge in [0.25, 0.3) is 0 Å². The average Bonchev–Trinajstić information content (AvgIpc) is 3.03. The molecule has 1 aliphatic rings. The highest BCUT2D eigenvalue weighted by atomic mass is 19.4. The zero-order chi connectivity index (χ0) is 32.1. The van der Waals surface area contributed by atoms with E-state index < -0.39 is 35.7 Å². The first-order valence-electron chi connectivity index (χ1n) is 14.4. The van der Waals surface area contributed by atoms with E-state index in [0.29, 0.717) is 28.9 Å². The first kappa shape index (κ1) is 31.3. The first-order valence-corrected chi connectivity index (χ1v) is 14.4. The van der Waals surface area contributed by atoms with Crippen molar-refractivity contribution < 1.29 is 37.4 Å². The molecule has 0 spiro atoms. The second kappa shape index (κ2) is 13.3. The molecule has 4 aromatic carbocycles. The molecule has 1 aliphatic heterocycles. The third-order valence-corrected chi connectivity index (χ3v) is 7.80. The Morgan fingerprint density at radius 3 is 2.18 bits per heavy atom. The molecule has 0 aliphatic carbocycles. The zero-order valence-electron chi connectivity index (χ0n) is 24.4. The molecule has 10 heteroatoms. The van der Waals surface area contributed by atoms with E-state index in [9.17, 15) is 32.7 Å². The highest BCUT2D eigenvalue weighted by Gasteiger charge is 2.37. The second-order valence-electron chi connectivity index (χ2n) is 10.9. The van der Waals surface area contributed by atoms with Crippen LogP contribution in [0.25, 0.3) is 11.1 Å². The van der Waals surface area contributed by atoms with Crippen LogP contribution >= 0.6 is 0 Å². The molecule has 1 heterocycles. The number of benzene rings is 4. The molecule has 0 radical (unpaired) electrons. The largest absolute Gasteiger partial charge is 0.489 e. The lowest BCUT2D eigenvalue weighted by Gasteiger charge is -2.36. The number of halogens is 3. The lowest BCUT2D eigenvalue weighted by atomic mass is 9.91. The maximum Gasteiger partial charge on any atom is 0.416 e. The molecule has 2 amide bonds. The SMILES string of the molecule is CC(=O)N1CCc2ccc(OCc3ccc(C(F)(F)F)cc3)cc2C1C(=O)N[C@@H](Cc1ccc(-c2ccccc2)cc1)C(=O)O. The Morgan fingerprint density at radius 2 is 1.56 bits per heavy atom. The van der Waals surface area contributed by atoms with Crippen molar-refractivity contribution in [1.82, 2.24) is 10.2 Å². The summed E-state index contributed by atoms with van der Waals surface area (Å²) in [6.07, 6.45) is -3.93. The lowest BCUT2D eigenvalue weighted by molar-refractivity contribution is -0.144. The number of carboxylic acid groups (broad SMARTS) is 1. The van der Waals surface area contributed by atoms with Crippen LogP contribution in [0.2, 0.25) is 0 Å². The standard InChI is InChI=1S/C35H31F3N2O5/c1-22(41)40-18-17-27-13-16-29(45-21-24-9-14-28(15-10-24)35(36,37)38)20-30(27)32(40)33(42)39-31(34(43)44)19-23-7-11-26(12-8-23)25-5-3-2-4-6-25/h2-16,20,31-32H,17-19,21H2,1H3,(H,39,42)(H,43,44)/t31-,32?/m0/s1. The summed E-state index contributed by atoms with van der Waals surface area (Å²) in [6.45, 7) is 1.60. The Bertz CT molecular complexity index is 1670. The lowest BCUT2D eigenvalue weighted by Crippen LogP contribution is -2.51. The van der Waals surface area contributed by atoms with E-state index in [4.69, 9.17) is 4.74 Å². The van der Waals surface area contributed by atoms with Crippen LogP contribution in [0.3, 0.4) is 0 Å². The molecule has 2 N–H and O–H groups in total. The number of amides is 2. The number of aliphatic carboxylic acids is 1. The van der Waals surface area contributed by atoms with Crippen LogP contribution in [0, 0.1) is 0 Å². The monoisotopic (exact) mass is 616 g/mol. The summed E-state index contributed by atoms with van der Waals surface area (Å²) in [4.78, 5) is 40.0. The van der Waals surface area contributed by atoms with Gasteiger partial charge < -0.3 is 20.1 Å². The Labute approximate surface area is 258 Å². The number of fused-ring (bicyclic) bond motifs is 1. The number of ether oxygens (including phenoxy) is 1. The summed E-state index contributed by atoms with van der Waals surface area (Å²) >= 11 is 0. The van der Waals surface area contributed by atoms with Crippen molar-refractivity contribution in [1.29, 1.82) is 0 Å². The number of hydrogen-bond acceptors (Lipinski definition) is 4. The maximum atomic E-state index is 13.7. The third-order valence-electron chi connectivity index (χ3n) is 7.80. The summed E-state index contributed by atoms with van der Waals surface area (Å²) in [5.74, 6) is -1.85. The van der Waals surface area contributed by atoms with Gasteiger partial charge in [-0.3, -0.25) is 9.59 Å². The molecule has 0 bridgehead atoms. The smallest absolute Gasteiger partial charge is 0.416 e. The molecule has 7 nitrogen and oxygen atoms in total. The van der Waals surface area contributed by atoms with Crippen molar-refractivity contribution in [2.24, 2.45) is 0 Å². The van der Waals surface area contributed by atoms with E-state index in [1.807, 2.05) is 54.6 Å². The average molecular weight is 617 g/mol. The topological polar surface area (TPSA) is 95.9 Å². The Kier molecular flexibility index (Phi) is 9.22. The van der Waals surface area contributed by atoms with E-state index in [1.54, 1.807) is 18.2 Å². The quantitative estimate of drug-likeness (QED) is 0.233. The summed E-state index contributed by atoms with van der Waals surface area (Å²) in [7, 11) is 0. The molecule has 0 saturated heterocycles. The van der Waals surface area contributed by atoms with Crippen molar-refractivity contribution in [2.45, 2.75) is 44.6 Å². The minimum Gasteiger partial charge on any atom is -0.489 e. The molecule has 0 aromatic heterocycles. The number of carbonyl (C=O) groups is 3. The van der Waals surface area contributed by atoms with Crippen LogP contribution in [0.15, 0.2) is 97.1 Å². The van der Waals surface area contributed by atoms with Gasteiger partial charge in [0.05, 0.1) is 5.56 Å². The van der Waals surface area contributed by atoms with Gasteiger partial charge in [-0.25, -0.2) is 4.79 Å². The number of alkyl halides is 3. The maximum absolute atomic E-state index is 13.7. The molecule has 4 aromatic rings. The number of carbonyl (C=O) groups excluding carboxylic acids is 2. The van der Waals surface area contributed by atoms with Crippen LogP contribution in [0.5, 0.6) is 5.75 Å². The minimum atomic E-state index is -4.44. The summed E-state index contributed by atoms with van der Waals surface area (Å²) in [5, 5.41) is 12.6. The fourth-order valence-electron chi connectivity index (χ4n) is 5.41. The Balaban J connectivity index is 1.33. The molecular formula is C35H31F3N2O5. The first-order chi connectivity index (χ1) is 21.5. The van der Waals surface area contributed by atoms with Crippen molar-refractivity contribution in [2.75, 3.05) is 6.54 Å². The second-order valence-corrected chi connectivity index (χ2v) is 10.9. The third kappa shape index (κ3) is 7.52. The van der Waals surface area contributed by atoms with Gasteiger partial charge in [0.15, 0.2) is 0 Å². The van der Waals surface area contributed by atoms with Crippen LogP contribution in [-0.2, 0) is 40.0 Å². The van der Waals surface area contributed by atoms with Crippen LogP contribution in [0.1, 0.15) is 40.8 Å². The fraction of sp³-hybridized carbons (Fsp3) is 0.229. The van der Waals surface area contributed by atoms with Gasteiger partial charge >= 0.3 is 12.1 Å². The molecule has 0 fully saturated rings. The molecule has 0 saturated carbocycles. The van der Waals surface area contributed by atoms with Gasteiger partial charge in [-0.1, -0.05) is 72.8 Å². The zero-order valence-corrected chi connectivity index (χ0v) is 24.4. The van der Waals surface area contributed by atoms with Crippen LogP contribution < -0.4 is 10.1 Å². The van der Waals surface area contributed by atoms with Gasteiger partial charge in [-0.05, 0) is 64.1 Å². The number of nitrogens with zero attached hydrogens (tertiary/aromatic N) is 1. The number of carboxylic acids is 1. The van der Waals surface area contributed by atoms with Crippen molar-refractivity contribution >= 4 is 17.8 Å². The molecule has 1 unspecified atom stereocenters. The summed E-state index contributed by atoms with van der Waals surface area (Å²) in [6, 6.07) is 24.5. The summed E-state index contributed by atoms with van der Waals surface area (Å²) < 4.78 is 44.5.